The highest BCUT2D eigenvalue weighted by Gasteiger charge is 2.26. The van der Waals surface area contributed by atoms with Crippen LogP contribution in [-0.2, 0) is 9.59 Å². The lowest BCUT2D eigenvalue weighted by Crippen LogP contribution is -3.11. The van der Waals surface area contributed by atoms with Crippen molar-refractivity contribution in [1.82, 2.24) is 4.90 Å². The summed E-state index contributed by atoms with van der Waals surface area (Å²) in [5.41, 5.74) is -0.432. The molecule has 1 aromatic rings. The van der Waals surface area contributed by atoms with Crippen LogP contribution in [0.3, 0.4) is 0 Å². The van der Waals surface area contributed by atoms with E-state index in [1.54, 1.807) is 7.05 Å². The maximum atomic E-state index is 13.6. The number of benzene rings is 1. The van der Waals surface area contributed by atoms with E-state index in [0.717, 1.165) is 25.0 Å². The van der Waals surface area contributed by atoms with Crippen LogP contribution in [0.4, 0.5) is 18.9 Å². The standard InChI is InChI=1S/C19H28F3N3O2/c1-6-12(3)25(13(4)7-2)17(27)11-24(5)10-16(26)23-15-9-8-14(20)18(21)19(15)22/h8-9,12-13H,6-7,10-11H2,1-5H3,(H,23,26)/p+1/t12-,13-/m1/s1. The monoisotopic (exact) mass is 388 g/mol. The second kappa shape index (κ2) is 10.3. The number of quaternary nitrogens is 1. The molecule has 0 saturated heterocycles. The Morgan fingerprint density at radius 1 is 1.04 bits per heavy atom. The zero-order valence-corrected chi connectivity index (χ0v) is 16.5. The molecule has 0 spiro atoms. The highest BCUT2D eigenvalue weighted by atomic mass is 19.2. The Morgan fingerprint density at radius 3 is 2.11 bits per heavy atom. The minimum Gasteiger partial charge on any atom is -0.332 e. The average Bonchev–Trinajstić information content (AvgIpc) is 2.61. The van der Waals surface area contributed by atoms with Crippen molar-refractivity contribution in [3.05, 3.63) is 29.6 Å². The Labute approximate surface area is 158 Å². The van der Waals surface area contributed by atoms with Gasteiger partial charge in [0, 0.05) is 12.1 Å². The van der Waals surface area contributed by atoms with Gasteiger partial charge >= 0.3 is 0 Å². The fourth-order valence-corrected chi connectivity index (χ4v) is 2.82. The summed E-state index contributed by atoms with van der Waals surface area (Å²) in [6.45, 7) is 7.97. The average molecular weight is 388 g/mol. The Balaban J connectivity index is 2.70. The highest BCUT2D eigenvalue weighted by Crippen LogP contribution is 2.19. The zero-order valence-electron chi connectivity index (χ0n) is 16.5. The molecule has 0 aliphatic rings. The molecule has 2 amide bonds. The molecule has 3 atom stereocenters. The number of hydrogen-bond donors (Lipinski definition) is 2. The second-order valence-corrected chi connectivity index (χ2v) is 6.90. The van der Waals surface area contributed by atoms with Crippen molar-refractivity contribution in [2.45, 2.75) is 52.6 Å². The summed E-state index contributed by atoms with van der Waals surface area (Å²) in [6, 6.07) is 1.88. The number of carbonyl (C=O) groups is 2. The van der Waals surface area contributed by atoms with E-state index in [9.17, 15) is 22.8 Å². The predicted octanol–water partition coefficient (Wildman–Crippen LogP) is 1.98. The largest absolute Gasteiger partial charge is 0.332 e. The van der Waals surface area contributed by atoms with Crippen molar-refractivity contribution in [3.8, 4) is 0 Å². The normalized spacial score (nSPS) is 14.4. The lowest BCUT2D eigenvalue weighted by Gasteiger charge is -2.34. The molecule has 0 heterocycles. The number of halogens is 3. The van der Waals surface area contributed by atoms with Gasteiger partial charge < -0.3 is 15.1 Å². The van der Waals surface area contributed by atoms with E-state index in [4.69, 9.17) is 0 Å². The predicted molar refractivity (Wildman–Crippen MR) is 97.9 cm³/mol. The van der Waals surface area contributed by atoms with Gasteiger partial charge in [-0.1, -0.05) is 13.8 Å². The molecule has 27 heavy (non-hydrogen) atoms. The molecule has 5 nitrogen and oxygen atoms in total. The number of nitrogens with zero attached hydrogens (tertiary/aromatic N) is 1. The van der Waals surface area contributed by atoms with Crippen LogP contribution in [0.15, 0.2) is 12.1 Å². The number of nitrogens with one attached hydrogen (secondary N) is 2. The van der Waals surface area contributed by atoms with Crippen molar-refractivity contribution in [2.24, 2.45) is 0 Å². The number of rotatable bonds is 9. The van der Waals surface area contributed by atoms with Crippen LogP contribution in [0.2, 0.25) is 0 Å². The summed E-state index contributed by atoms with van der Waals surface area (Å²) in [4.78, 5) is 27.2. The summed E-state index contributed by atoms with van der Waals surface area (Å²) >= 11 is 0. The van der Waals surface area contributed by atoms with Crippen LogP contribution in [0, 0.1) is 17.5 Å². The molecule has 0 aromatic heterocycles. The van der Waals surface area contributed by atoms with Crippen LogP contribution in [0.25, 0.3) is 0 Å². The SMILES string of the molecule is CC[C@@H](C)N(C(=O)C[NH+](C)CC(=O)Nc1ccc(F)c(F)c1F)[C@H](C)CC. The van der Waals surface area contributed by atoms with E-state index >= 15 is 0 Å². The molecule has 152 valence electrons. The van der Waals surface area contributed by atoms with Gasteiger partial charge in [-0.05, 0) is 38.8 Å². The Bertz CT molecular complexity index is 660. The van der Waals surface area contributed by atoms with Crippen LogP contribution in [-0.4, -0.2) is 48.9 Å². The molecule has 0 fully saturated rings. The first-order valence-corrected chi connectivity index (χ1v) is 9.18. The van der Waals surface area contributed by atoms with E-state index in [1.165, 1.54) is 0 Å². The molecular formula is C19H29F3N3O2+. The quantitative estimate of drug-likeness (QED) is 0.636. The minimum absolute atomic E-state index is 0.0667. The first-order chi connectivity index (χ1) is 12.6. The number of hydrogen-bond acceptors (Lipinski definition) is 2. The van der Waals surface area contributed by atoms with Crippen molar-refractivity contribution >= 4 is 17.5 Å². The van der Waals surface area contributed by atoms with Crippen LogP contribution < -0.4 is 10.2 Å². The first kappa shape index (κ1) is 23.0. The summed E-state index contributed by atoms with van der Waals surface area (Å²) in [7, 11) is 1.67. The van der Waals surface area contributed by atoms with Crippen LogP contribution >= 0.6 is 0 Å². The lowest BCUT2D eigenvalue weighted by molar-refractivity contribution is -0.862. The Hall–Kier alpha value is -2.09. The van der Waals surface area contributed by atoms with Gasteiger partial charge in [-0.2, -0.15) is 0 Å². The lowest BCUT2D eigenvalue weighted by atomic mass is 10.1. The maximum absolute atomic E-state index is 13.6. The van der Waals surface area contributed by atoms with Gasteiger partial charge in [0.25, 0.3) is 11.8 Å². The van der Waals surface area contributed by atoms with Gasteiger partial charge in [0.15, 0.2) is 30.5 Å². The fraction of sp³-hybridized carbons (Fsp3) is 0.579. The third-order valence-electron chi connectivity index (χ3n) is 4.64. The maximum Gasteiger partial charge on any atom is 0.279 e. The van der Waals surface area contributed by atoms with E-state index in [0.29, 0.717) is 4.90 Å². The van der Waals surface area contributed by atoms with Crippen molar-refractivity contribution < 1.29 is 27.7 Å². The van der Waals surface area contributed by atoms with E-state index in [2.05, 4.69) is 5.32 Å². The van der Waals surface area contributed by atoms with Crippen molar-refractivity contribution in [2.75, 3.05) is 25.5 Å². The van der Waals surface area contributed by atoms with Gasteiger partial charge in [0.1, 0.15) is 0 Å². The van der Waals surface area contributed by atoms with Gasteiger partial charge in [0.2, 0.25) is 0 Å². The molecule has 0 bridgehead atoms. The summed E-state index contributed by atoms with van der Waals surface area (Å²) in [5, 5.41) is 2.21. The molecule has 0 saturated carbocycles. The molecule has 0 radical (unpaired) electrons. The second-order valence-electron chi connectivity index (χ2n) is 6.90. The smallest absolute Gasteiger partial charge is 0.279 e. The van der Waals surface area contributed by atoms with E-state index < -0.39 is 29.0 Å². The molecule has 8 heteroatoms. The minimum atomic E-state index is -1.64. The third-order valence-corrected chi connectivity index (χ3v) is 4.64. The summed E-state index contributed by atoms with van der Waals surface area (Å²) in [5.74, 6) is -5.07. The topological polar surface area (TPSA) is 53.9 Å². The molecule has 0 aliphatic heterocycles. The Kier molecular flexibility index (Phi) is 8.75. The number of likely N-dealkylation sites (N-methyl/N-ethyl adjacent to an activating group) is 1. The highest BCUT2D eigenvalue weighted by molar-refractivity contribution is 5.91. The van der Waals surface area contributed by atoms with Crippen LogP contribution in [0.5, 0.6) is 0 Å². The van der Waals surface area contributed by atoms with Gasteiger partial charge in [0.05, 0.1) is 12.7 Å². The molecule has 1 unspecified atom stereocenters. The summed E-state index contributed by atoms with van der Waals surface area (Å²) < 4.78 is 39.8. The fourth-order valence-electron chi connectivity index (χ4n) is 2.82. The molecule has 1 rings (SSSR count). The zero-order chi connectivity index (χ0) is 20.7. The number of amides is 2. The third kappa shape index (κ3) is 6.23. The van der Waals surface area contributed by atoms with Gasteiger partial charge in [-0.3, -0.25) is 9.59 Å². The molecular weight excluding hydrogens is 359 g/mol. The first-order valence-electron chi connectivity index (χ1n) is 9.18. The molecule has 2 N–H and O–H groups in total. The molecule has 1 aromatic carbocycles. The van der Waals surface area contributed by atoms with Crippen LogP contribution in [0.1, 0.15) is 40.5 Å². The summed E-state index contributed by atoms with van der Waals surface area (Å²) in [6.07, 6.45) is 1.65. The van der Waals surface area contributed by atoms with Gasteiger partial charge in [-0.25, -0.2) is 13.2 Å². The van der Waals surface area contributed by atoms with E-state index in [1.807, 2.05) is 32.6 Å². The van der Waals surface area contributed by atoms with Crippen molar-refractivity contribution in [3.63, 3.8) is 0 Å². The Morgan fingerprint density at radius 2 is 1.59 bits per heavy atom. The van der Waals surface area contributed by atoms with Gasteiger partial charge in [-0.15, -0.1) is 0 Å². The van der Waals surface area contributed by atoms with Crippen molar-refractivity contribution in [1.29, 1.82) is 0 Å². The number of carbonyl (C=O) groups excluding carboxylic acids is 2. The number of anilines is 1. The molecule has 0 aliphatic carbocycles. The van der Waals surface area contributed by atoms with E-state index in [-0.39, 0.29) is 31.1 Å².